The van der Waals surface area contributed by atoms with E-state index in [1.165, 1.54) is 29.8 Å². The summed E-state index contributed by atoms with van der Waals surface area (Å²) in [4.78, 5) is 63.0. The van der Waals surface area contributed by atoms with Crippen molar-refractivity contribution in [1.29, 1.82) is 0 Å². The number of alkyl halides is 3. The predicted molar refractivity (Wildman–Crippen MR) is 194 cm³/mol. The fourth-order valence-electron chi connectivity index (χ4n) is 6.11. The number of fused-ring (bicyclic) bond motifs is 1. The maximum atomic E-state index is 13.1. The van der Waals surface area contributed by atoms with E-state index >= 15 is 0 Å². The SMILES string of the molecule is COC(=O)[C@H](CNC(=O)C(=O)NCC1CCc2ccccc21)NC(=O)c1ccc(Nc2nc(NC3(c4ccc(Cl)cc4)CC3)nc(OCC(F)(F)F)n2)cc1. The number of nitrogens with zero attached hydrogens (tertiary/aromatic N) is 3. The molecule has 2 aliphatic carbocycles. The van der Waals surface area contributed by atoms with Gasteiger partial charge in [-0.2, -0.15) is 28.1 Å². The molecule has 5 N–H and O–H groups in total. The fourth-order valence-corrected chi connectivity index (χ4v) is 6.24. The van der Waals surface area contributed by atoms with Crippen LogP contribution in [0.5, 0.6) is 6.01 Å². The molecule has 2 atom stereocenters. The van der Waals surface area contributed by atoms with Crippen molar-refractivity contribution in [3.8, 4) is 6.01 Å². The third-order valence-electron chi connectivity index (χ3n) is 9.11. The second-order valence-corrected chi connectivity index (χ2v) is 13.4. The molecule has 14 nitrogen and oxygen atoms in total. The van der Waals surface area contributed by atoms with Gasteiger partial charge in [-0.3, -0.25) is 14.4 Å². The minimum absolute atomic E-state index is 0.0314. The van der Waals surface area contributed by atoms with Crippen LogP contribution in [-0.4, -0.2) is 77.7 Å². The van der Waals surface area contributed by atoms with E-state index in [1.807, 2.05) is 36.4 Å². The molecule has 2 aliphatic rings. The lowest BCUT2D eigenvalue weighted by atomic mass is 10.0. The molecule has 1 fully saturated rings. The minimum Gasteiger partial charge on any atom is -0.467 e. The van der Waals surface area contributed by atoms with E-state index in [-0.39, 0.29) is 29.9 Å². The van der Waals surface area contributed by atoms with Crippen LogP contribution in [0.25, 0.3) is 0 Å². The average molecular weight is 781 g/mol. The quantitative estimate of drug-likeness (QED) is 0.0894. The number of benzene rings is 3. The van der Waals surface area contributed by atoms with Gasteiger partial charge in [0.1, 0.15) is 6.04 Å². The highest BCUT2D eigenvalue weighted by Gasteiger charge is 2.45. The van der Waals surface area contributed by atoms with Crippen molar-refractivity contribution in [1.82, 2.24) is 30.9 Å². The van der Waals surface area contributed by atoms with Crippen molar-refractivity contribution in [2.45, 2.75) is 49.4 Å². The molecule has 4 aromatic rings. The topological polar surface area (TPSA) is 186 Å². The van der Waals surface area contributed by atoms with Crippen molar-refractivity contribution in [2.75, 3.05) is 37.4 Å². The highest BCUT2D eigenvalue weighted by atomic mass is 35.5. The van der Waals surface area contributed by atoms with Crippen LogP contribution in [0.4, 0.5) is 30.8 Å². The average Bonchev–Trinajstić information content (AvgIpc) is 3.83. The molecule has 55 heavy (non-hydrogen) atoms. The Hall–Kier alpha value is -5.97. The number of rotatable bonds is 14. The Morgan fingerprint density at radius 2 is 1.60 bits per heavy atom. The number of nitrogens with one attached hydrogen (secondary N) is 5. The first-order valence-electron chi connectivity index (χ1n) is 17.2. The summed E-state index contributed by atoms with van der Waals surface area (Å²) in [5.41, 5.74) is 3.13. The van der Waals surface area contributed by atoms with Crippen LogP contribution in [0.15, 0.2) is 72.8 Å². The van der Waals surface area contributed by atoms with Crippen LogP contribution < -0.4 is 31.3 Å². The number of aryl methyl sites for hydroxylation is 1. The Morgan fingerprint density at radius 3 is 2.29 bits per heavy atom. The zero-order valence-electron chi connectivity index (χ0n) is 29.3. The van der Waals surface area contributed by atoms with Gasteiger partial charge in [0, 0.05) is 35.3 Å². The molecule has 0 radical (unpaired) electrons. The number of ether oxygens (including phenoxy) is 2. The highest BCUT2D eigenvalue weighted by molar-refractivity contribution is 6.35. The second-order valence-electron chi connectivity index (χ2n) is 13.0. The van der Waals surface area contributed by atoms with Gasteiger partial charge in [0.05, 0.1) is 12.6 Å². The number of methoxy groups -OCH3 is 1. The first-order valence-corrected chi connectivity index (χ1v) is 17.6. The zero-order chi connectivity index (χ0) is 39.2. The van der Waals surface area contributed by atoms with Gasteiger partial charge in [-0.15, -0.1) is 0 Å². The molecule has 1 saturated carbocycles. The van der Waals surface area contributed by atoms with Crippen molar-refractivity contribution >= 4 is 52.9 Å². The van der Waals surface area contributed by atoms with Crippen molar-refractivity contribution in [3.05, 3.63) is 100 Å². The van der Waals surface area contributed by atoms with Gasteiger partial charge >= 0.3 is 30.0 Å². The van der Waals surface area contributed by atoms with Gasteiger partial charge in [0.2, 0.25) is 11.9 Å². The Balaban J connectivity index is 1.06. The maximum Gasteiger partial charge on any atom is 0.422 e. The van der Waals surface area contributed by atoms with Gasteiger partial charge in [0.15, 0.2) is 6.61 Å². The summed E-state index contributed by atoms with van der Waals surface area (Å²) < 4.78 is 48.5. The van der Waals surface area contributed by atoms with E-state index in [2.05, 4.69) is 41.5 Å². The number of anilines is 3. The van der Waals surface area contributed by atoms with Crippen LogP contribution in [0, 0.1) is 0 Å². The smallest absolute Gasteiger partial charge is 0.422 e. The third kappa shape index (κ3) is 10.2. The number of halogens is 4. The molecule has 3 aromatic carbocycles. The predicted octanol–water partition coefficient (Wildman–Crippen LogP) is 4.54. The minimum atomic E-state index is -4.64. The second kappa shape index (κ2) is 16.6. The summed E-state index contributed by atoms with van der Waals surface area (Å²) in [7, 11) is 1.11. The largest absolute Gasteiger partial charge is 0.467 e. The summed E-state index contributed by atoms with van der Waals surface area (Å²) in [5, 5.41) is 14.1. The molecule has 6 rings (SSSR count). The summed E-state index contributed by atoms with van der Waals surface area (Å²) in [6, 6.07) is 18.9. The number of hydrogen-bond acceptors (Lipinski definition) is 11. The molecule has 3 amide bonds. The lowest BCUT2D eigenvalue weighted by Crippen LogP contribution is -2.51. The van der Waals surface area contributed by atoms with Gasteiger partial charge in [0.25, 0.3) is 5.91 Å². The Morgan fingerprint density at radius 1 is 0.909 bits per heavy atom. The molecule has 0 bridgehead atoms. The van der Waals surface area contributed by atoms with Crippen molar-refractivity contribution in [2.24, 2.45) is 0 Å². The standard InChI is InChI=1S/C37H36ClF3N8O6/c1-54-32(53)28(19-43-31(52)30(51)42-18-23-7-6-21-4-2-3-5-27(21)23)45-29(50)22-8-14-26(15-9-22)44-33-46-34(48-35(47-33)55-20-37(39,40)41)49-36(16-17-36)24-10-12-25(38)13-11-24/h2-5,8-15,23,28H,6-7,16-20H2,1H3,(H,42,51)(H,43,52)(H,45,50)(H2,44,46,47,48,49)/t23?,28-/m0/s1. The Bertz CT molecular complexity index is 2050. The number of esters is 1. The summed E-state index contributed by atoms with van der Waals surface area (Å²) >= 11 is 6.03. The highest BCUT2D eigenvalue weighted by Crippen LogP contribution is 2.48. The van der Waals surface area contributed by atoms with Crippen molar-refractivity contribution in [3.63, 3.8) is 0 Å². The molecule has 1 aromatic heterocycles. The van der Waals surface area contributed by atoms with Crippen molar-refractivity contribution < 1.29 is 41.8 Å². The summed E-state index contributed by atoms with van der Waals surface area (Å²) in [5.74, 6) is -3.51. The fraction of sp³-hybridized carbons (Fsp3) is 0.324. The first kappa shape index (κ1) is 38.7. The normalized spacial score (nSPS) is 15.8. The molecule has 0 spiro atoms. The van der Waals surface area contributed by atoms with Crippen LogP contribution >= 0.6 is 11.6 Å². The van der Waals surface area contributed by atoms with Crippen LogP contribution in [0.1, 0.15) is 52.2 Å². The molecule has 0 aliphatic heterocycles. The van der Waals surface area contributed by atoms with Crippen LogP contribution in [0.3, 0.4) is 0 Å². The lowest BCUT2D eigenvalue weighted by Gasteiger charge is -2.19. The van der Waals surface area contributed by atoms with E-state index in [4.69, 9.17) is 21.1 Å². The van der Waals surface area contributed by atoms with E-state index < -0.39 is 60.6 Å². The monoisotopic (exact) mass is 780 g/mol. The molecular formula is C37H36ClF3N8O6. The Labute approximate surface area is 318 Å². The first-order chi connectivity index (χ1) is 26.3. The molecular weight excluding hydrogens is 745 g/mol. The zero-order valence-corrected chi connectivity index (χ0v) is 30.1. The number of hydrogen-bond donors (Lipinski definition) is 5. The van der Waals surface area contributed by atoms with E-state index in [0.29, 0.717) is 23.6 Å². The van der Waals surface area contributed by atoms with E-state index in [0.717, 1.165) is 31.1 Å². The van der Waals surface area contributed by atoms with E-state index in [1.54, 1.807) is 12.1 Å². The number of amides is 3. The molecule has 0 saturated heterocycles. The number of aromatic nitrogens is 3. The molecule has 18 heteroatoms. The Kier molecular flexibility index (Phi) is 11.7. The third-order valence-corrected chi connectivity index (χ3v) is 9.36. The van der Waals surface area contributed by atoms with E-state index in [9.17, 15) is 32.3 Å². The molecule has 288 valence electrons. The maximum absolute atomic E-state index is 13.1. The van der Waals surface area contributed by atoms with Gasteiger partial charge in [-0.1, -0.05) is 48.0 Å². The summed E-state index contributed by atoms with van der Waals surface area (Å²) in [6.07, 6.45) is -1.49. The van der Waals surface area contributed by atoms with Gasteiger partial charge in [-0.05, 0) is 78.8 Å². The number of carbonyl (C=O) groups excluding carboxylic acids is 4. The van der Waals surface area contributed by atoms with Crippen LogP contribution in [0.2, 0.25) is 5.02 Å². The van der Waals surface area contributed by atoms with Crippen LogP contribution in [-0.2, 0) is 31.1 Å². The molecule has 1 heterocycles. The van der Waals surface area contributed by atoms with Gasteiger partial charge in [-0.25, -0.2) is 4.79 Å². The van der Waals surface area contributed by atoms with Gasteiger partial charge < -0.3 is 36.1 Å². The lowest BCUT2D eigenvalue weighted by molar-refractivity contribution is -0.154. The molecule has 1 unspecified atom stereocenters. The summed E-state index contributed by atoms with van der Waals surface area (Å²) in [6.45, 7) is -1.78. The number of carbonyl (C=O) groups is 4.